The van der Waals surface area contributed by atoms with E-state index in [1.165, 1.54) is 6.07 Å². The van der Waals surface area contributed by atoms with Gasteiger partial charge in [-0.2, -0.15) is 0 Å². The summed E-state index contributed by atoms with van der Waals surface area (Å²) in [4.78, 5) is 8.95. The number of aryl methyl sites for hydroxylation is 1. The molecule has 0 saturated carbocycles. The molecule has 191 valence electrons. The Morgan fingerprint density at radius 1 is 0.789 bits per heavy atom. The molecule has 6 aromatic rings. The van der Waals surface area contributed by atoms with Crippen LogP contribution in [0.1, 0.15) is 40.3 Å². The van der Waals surface area contributed by atoms with E-state index in [1.54, 1.807) is 35.9 Å². The number of hydrogen-bond acceptors (Lipinski definition) is 2. The van der Waals surface area contributed by atoms with Gasteiger partial charge in [0.05, 0.1) is 16.9 Å². The SMILES string of the molecule is [2H]C([2H])([2H])C([2H])(c1cccc(C)c1-n1c(-c2[c-]cccc2)nc2ccccc21)C([2H])([2H])[2H].[Ir].[c-]1ccccc1-c1ccccn1. The third kappa shape index (κ3) is 5.83. The number of benzene rings is 4. The Hall–Kier alpha value is -3.85. The molecule has 0 N–H and O–H groups in total. The standard InChI is InChI=1S/C23H21N2.C11H8N.Ir/c1-16(2)19-13-9-10-17(3)22(19)25-21-15-8-7-14-20(21)24-23(25)18-11-5-4-6-12-18;1-2-6-10(7-3-1)11-8-4-5-9-12-11;/h4-11,13-16H,1-3H3;1-6,8-9H;/q2*-1;/i1D3,2D3,16D;;. The zero-order valence-corrected chi connectivity index (χ0v) is 23.0. The van der Waals surface area contributed by atoms with Gasteiger partial charge in [-0.3, -0.25) is 4.98 Å². The molecular formula is C34H29IrN3-2. The third-order valence-electron chi connectivity index (χ3n) is 5.89. The van der Waals surface area contributed by atoms with Gasteiger partial charge in [0.1, 0.15) is 0 Å². The summed E-state index contributed by atoms with van der Waals surface area (Å²) in [5.41, 5.74) is 4.87. The topological polar surface area (TPSA) is 30.7 Å². The molecule has 6 rings (SSSR count). The molecular weight excluding hydrogens is 643 g/mol. The molecule has 2 aromatic heterocycles. The Morgan fingerprint density at radius 2 is 1.50 bits per heavy atom. The van der Waals surface area contributed by atoms with Crippen molar-refractivity contribution in [2.45, 2.75) is 26.5 Å². The zero-order chi connectivity index (χ0) is 31.5. The number of fused-ring (bicyclic) bond motifs is 1. The summed E-state index contributed by atoms with van der Waals surface area (Å²) in [5.74, 6) is -2.36. The molecule has 0 saturated heterocycles. The normalized spacial score (nSPS) is 14.2. The molecule has 0 amide bonds. The van der Waals surface area contributed by atoms with Crippen LogP contribution in [-0.4, -0.2) is 14.5 Å². The number of nitrogens with zero attached hydrogens (tertiary/aromatic N) is 3. The summed E-state index contributed by atoms with van der Waals surface area (Å²) in [6, 6.07) is 39.3. The van der Waals surface area contributed by atoms with E-state index in [2.05, 4.69) is 17.1 Å². The van der Waals surface area contributed by atoms with Crippen molar-refractivity contribution in [1.29, 1.82) is 0 Å². The molecule has 0 aliphatic heterocycles. The molecule has 0 aliphatic carbocycles. The maximum absolute atomic E-state index is 8.82. The van der Waals surface area contributed by atoms with Crippen molar-refractivity contribution in [3.63, 3.8) is 0 Å². The van der Waals surface area contributed by atoms with Crippen LogP contribution in [0.4, 0.5) is 0 Å². The molecule has 3 nitrogen and oxygen atoms in total. The first-order chi connectivity index (χ1) is 20.9. The summed E-state index contributed by atoms with van der Waals surface area (Å²) in [6.07, 6.45) is 1.79. The van der Waals surface area contributed by atoms with E-state index < -0.39 is 19.6 Å². The molecule has 0 bridgehead atoms. The monoisotopic (exact) mass is 679 g/mol. The van der Waals surface area contributed by atoms with Crippen molar-refractivity contribution in [2.75, 3.05) is 0 Å². The van der Waals surface area contributed by atoms with Gasteiger partial charge in [0, 0.05) is 41.6 Å². The van der Waals surface area contributed by atoms with Crippen LogP contribution in [0, 0.1) is 19.1 Å². The molecule has 38 heavy (non-hydrogen) atoms. The van der Waals surface area contributed by atoms with Crippen LogP contribution in [0.25, 0.3) is 39.4 Å². The molecule has 1 radical (unpaired) electrons. The first-order valence-corrected chi connectivity index (χ1v) is 11.9. The average molecular weight is 679 g/mol. The van der Waals surface area contributed by atoms with Gasteiger partial charge in [-0.25, -0.2) is 0 Å². The molecule has 0 atom stereocenters. The predicted octanol–water partition coefficient (Wildman–Crippen LogP) is 8.47. The Morgan fingerprint density at radius 3 is 2.18 bits per heavy atom. The van der Waals surface area contributed by atoms with Gasteiger partial charge in [0.2, 0.25) is 0 Å². The van der Waals surface area contributed by atoms with E-state index in [0.29, 0.717) is 33.7 Å². The predicted molar refractivity (Wildman–Crippen MR) is 153 cm³/mol. The second-order valence-corrected chi connectivity index (χ2v) is 8.37. The second-order valence-electron chi connectivity index (χ2n) is 8.37. The molecule has 0 fully saturated rings. The van der Waals surface area contributed by atoms with E-state index in [9.17, 15) is 0 Å². The molecule has 0 spiro atoms. The van der Waals surface area contributed by atoms with Crippen LogP contribution < -0.4 is 0 Å². The minimum absolute atomic E-state index is 0. The Bertz CT molecular complexity index is 1800. The van der Waals surface area contributed by atoms with Crippen LogP contribution in [-0.2, 0) is 20.1 Å². The average Bonchev–Trinajstić information content (AvgIpc) is 3.40. The maximum Gasteiger partial charge on any atom is 0.0774 e. The number of imidazole rings is 1. The molecule has 0 unspecified atom stereocenters. The van der Waals surface area contributed by atoms with E-state index in [1.807, 2.05) is 84.9 Å². The van der Waals surface area contributed by atoms with E-state index >= 15 is 0 Å². The minimum atomic E-state index is -3.10. The second kappa shape index (κ2) is 12.6. The number of aromatic nitrogens is 3. The van der Waals surface area contributed by atoms with Gasteiger partial charge in [-0.1, -0.05) is 56.2 Å². The van der Waals surface area contributed by atoms with Crippen LogP contribution in [0.15, 0.2) is 115 Å². The van der Waals surface area contributed by atoms with E-state index in [4.69, 9.17) is 14.6 Å². The fourth-order valence-corrected chi connectivity index (χ4v) is 4.20. The van der Waals surface area contributed by atoms with Crippen molar-refractivity contribution in [3.8, 4) is 28.3 Å². The molecule has 2 heterocycles. The summed E-state index contributed by atoms with van der Waals surface area (Å²) >= 11 is 0. The fraction of sp³-hybridized carbons (Fsp3) is 0.118. The van der Waals surface area contributed by atoms with Gasteiger partial charge in [0.25, 0.3) is 0 Å². The van der Waals surface area contributed by atoms with Crippen LogP contribution in [0.3, 0.4) is 0 Å². The van der Waals surface area contributed by atoms with Crippen molar-refractivity contribution in [3.05, 3.63) is 139 Å². The van der Waals surface area contributed by atoms with Crippen molar-refractivity contribution < 1.29 is 29.7 Å². The molecule has 0 aliphatic rings. The zero-order valence-electron chi connectivity index (χ0n) is 27.6. The third-order valence-corrected chi connectivity index (χ3v) is 5.89. The summed E-state index contributed by atoms with van der Waals surface area (Å²) in [7, 11) is 0. The number of hydrogen-bond donors (Lipinski definition) is 0. The van der Waals surface area contributed by atoms with Crippen molar-refractivity contribution in [1.82, 2.24) is 14.5 Å². The first kappa shape index (κ1) is 19.3. The van der Waals surface area contributed by atoms with Crippen LogP contribution in [0.5, 0.6) is 0 Å². The van der Waals surface area contributed by atoms with Gasteiger partial charge in [-0.15, -0.1) is 71.8 Å². The maximum atomic E-state index is 8.82. The summed E-state index contributed by atoms with van der Waals surface area (Å²) < 4.78 is 58.6. The first-order valence-electron chi connectivity index (χ1n) is 15.4. The smallest absolute Gasteiger partial charge is 0.0774 e. The van der Waals surface area contributed by atoms with Crippen LogP contribution >= 0.6 is 0 Å². The Balaban J connectivity index is 0.000000296. The van der Waals surface area contributed by atoms with Gasteiger partial charge in [-0.05, 0) is 47.8 Å². The van der Waals surface area contributed by atoms with E-state index in [0.717, 1.165) is 11.3 Å². The minimum Gasteiger partial charge on any atom is -0.333 e. The fourth-order valence-electron chi connectivity index (χ4n) is 4.20. The number of rotatable bonds is 4. The van der Waals surface area contributed by atoms with E-state index in [-0.39, 0.29) is 25.7 Å². The number of pyridine rings is 1. The number of para-hydroxylation sites is 3. The Kier molecular flexibility index (Phi) is 6.38. The van der Waals surface area contributed by atoms with Gasteiger partial charge >= 0.3 is 0 Å². The summed E-state index contributed by atoms with van der Waals surface area (Å²) in [6.45, 7) is -4.43. The quantitative estimate of drug-likeness (QED) is 0.175. The van der Waals surface area contributed by atoms with Crippen molar-refractivity contribution in [2.24, 2.45) is 0 Å². The van der Waals surface area contributed by atoms with Gasteiger partial charge in [0.15, 0.2) is 0 Å². The van der Waals surface area contributed by atoms with Crippen LogP contribution in [0.2, 0.25) is 0 Å². The molecule has 4 aromatic carbocycles. The summed E-state index contributed by atoms with van der Waals surface area (Å²) in [5, 5.41) is 0. The Labute approximate surface area is 248 Å². The van der Waals surface area contributed by atoms with Gasteiger partial charge < -0.3 is 9.55 Å². The largest absolute Gasteiger partial charge is 0.333 e. The van der Waals surface area contributed by atoms with Crippen molar-refractivity contribution >= 4 is 11.0 Å². The molecule has 4 heteroatoms.